The molecule has 3 N–H and O–H groups in total. The Balaban J connectivity index is 2.43. The van der Waals surface area contributed by atoms with Gasteiger partial charge in [0.1, 0.15) is 11.8 Å². The fraction of sp³-hybridized carbons (Fsp3) is 0.333. The first-order valence-corrected chi connectivity index (χ1v) is 8.79. The molecule has 1 unspecified atom stereocenters. The number of methoxy groups -OCH3 is 1. The molecule has 144 valence electrons. The maximum Gasteiger partial charge on any atom is 0.321 e. The zero-order valence-corrected chi connectivity index (χ0v) is 16.4. The summed E-state index contributed by atoms with van der Waals surface area (Å²) < 4.78 is 5.46. The van der Waals surface area contributed by atoms with Gasteiger partial charge in [0.25, 0.3) is 5.91 Å². The number of ether oxygens (including phenoxy) is 1. The maximum atomic E-state index is 12.7. The van der Waals surface area contributed by atoms with Gasteiger partial charge in [0, 0.05) is 7.05 Å². The van der Waals surface area contributed by atoms with Gasteiger partial charge in [-0.15, -0.1) is 0 Å². The Kier molecular flexibility index (Phi) is 6.45. The number of urea groups is 1. The minimum absolute atomic E-state index is 0.0602. The van der Waals surface area contributed by atoms with Gasteiger partial charge >= 0.3 is 6.03 Å². The van der Waals surface area contributed by atoms with E-state index in [1.165, 1.54) is 7.05 Å². The molecule has 0 aliphatic carbocycles. The first-order valence-electron chi connectivity index (χ1n) is 8.79. The number of anilines is 1. The highest BCUT2D eigenvalue weighted by Gasteiger charge is 2.24. The van der Waals surface area contributed by atoms with Gasteiger partial charge in [-0.1, -0.05) is 57.2 Å². The predicted molar refractivity (Wildman–Crippen MR) is 107 cm³/mol. The monoisotopic (exact) mass is 369 g/mol. The Hall–Kier alpha value is -3.02. The molecule has 0 aliphatic rings. The molecule has 0 radical (unpaired) electrons. The molecule has 0 saturated carbocycles. The molecule has 2 aromatic carbocycles. The molecule has 0 aliphatic heterocycles. The Morgan fingerprint density at radius 2 is 1.70 bits per heavy atom. The lowest BCUT2D eigenvalue weighted by Crippen LogP contribution is -2.42. The zero-order valence-electron chi connectivity index (χ0n) is 16.4. The van der Waals surface area contributed by atoms with Crippen molar-refractivity contribution in [2.45, 2.75) is 32.2 Å². The molecule has 0 spiro atoms. The van der Waals surface area contributed by atoms with Crippen LogP contribution in [-0.2, 0) is 10.2 Å². The molecule has 0 fully saturated rings. The molecule has 27 heavy (non-hydrogen) atoms. The fourth-order valence-corrected chi connectivity index (χ4v) is 2.64. The molecule has 1 atom stereocenters. The summed E-state index contributed by atoms with van der Waals surface area (Å²) in [5.41, 5.74) is 2.47. The third-order valence-electron chi connectivity index (χ3n) is 4.22. The Bertz CT molecular complexity index is 798. The molecule has 3 amide bonds. The van der Waals surface area contributed by atoms with Gasteiger partial charge in [0.05, 0.1) is 12.8 Å². The van der Waals surface area contributed by atoms with Crippen LogP contribution < -0.4 is 20.7 Å². The van der Waals surface area contributed by atoms with Gasteiger partial charge in [-0.25, -0.2) is 4.79 Å². The first kappa shape index (κ1) is 20.3. The lowest BCUT2D eigenvalue weighted by Gasteiger charge is -2.24. The summed E-state index contributed by atoms with van der Waals surface area (Å²) in [7, 11) is 3.04. The van der Waals surface area contributed by atoms with E-state index in [-0.39, 0.29) is 5.41 Å². The SMILES string of the molecule is CNC(=O)NC(=O)C(Nc1cc(C(C)(C)C)ccc1OC)c1ccccc1. The molecule has 2 aromatic rings. The molecular formula is C21H27N3O3. The Labute approximate surface area is 160 Å². The number of carbonyl (C=O) groups is 2. The topological polar surface area (TPSA) is 79.5 Å². The van der Waals surface area contributed by atoms with Crippen molar-refractivity contribution in [1.29, 1.82) is 0 Å². The van der Waals surface area contributed by atoms with E-state index < -0.39 is 18.0 Å². The van der Waals surface area contributed by atoms with E-state index in [4.69, 9.17) is 4.74 Å². The van der Waals surface area contributed by atoms with Crippen molar-refractivity contribution in [3.05, 3.63) is 59.7 Å². The lowest BCUT2D eigenvalue weighted by molar-refractivity contribution is -0.120. The quantitative estimate of drug-likeness (QED) is 0.752. The second kappa shape index (κ2) is 8.58. The van der Waals surface area contributed by atoms with Crippen molar-refractivity contribution in [1.82, 2.24) is 10.6 Å². The number of hydrogen-bond donors (Lipinski definition) is 3. The average Bonchev–Trinajstić information content (AvgIpc) is 2.65. The van der Waals surface area contributed by atoms with E-state index in [9.17, 15) is 9.59 Å². The van der Waals surface area contributed by atoms with Crippen molar-refractivity contribution >= 4 is 17.6 Å². The summed E-state index contributed by atoms with van der Waals surface area (Å²) in [6.07, 6.45) is 0. The molecule has 6 nitrogen and oxygen atoms in total. The van der Waals surface area contributed by atoms with Crippen molar-refractivity contribution < 1.29 is 14.3 Å². The molecule has 0 heterocycles. The van der Waals surface area contributed by atoms with Crippen molar-refractivity contribution in [3.8, 4) is 5.75 Å². The van der Waals surface area contributed by atoms with Gasteiger partial charge in [0.2, 0.25) is 0 Å². The summed E-state index contributed by atoms with van der Waals surface area (Å²) in [5, 5.41) is 7.97. The lowest BCUT2D eigenvalue weighted by atomic mass is 9.86. The number of carbonyl (C=O) groups excluding carboxylic acids is 2. The van der Waals surface area contributed by atoms with Gasteiger partial charge in [-0.05, 0) is 28.7 Å². The zero-order chi connectivity index (χ0) is 20.0. The van der Waals surface area contributed by atoms with Crippen LogP contribution in [-0.4, -0.2) is 26.1 Å². The third-order valence-corrected chi connectivity index (χ3v) is 4.22. The highest BCUT2D eigenvalue weighted by Crippen LogP contribution is 2.33. The van der Waals surface area contributed by atoms with Gasteiger partial charge < -0.3 is 15.4 Å². The van der Waals surface area contributed by atoms with Crippen molar-refractivity contribution in [2.24, 2.45) is 0 Å². The normalized spacial score (nSPS) is 12.0. The van der Waals surface area contributed by atoms with Crippen LogP contribution in [0.3, 0.4) is 0 Å². The Morgan fingerprint density at radius 1 is 1.04 bits per heavy atom. The summed E-state index contributed by atoms with van der Waals surface area (Å²) in [4.78, 5) is 24.3. The van der Waals surface area contributed by atoms with Gasteiger partial charge in [-0.3, -0.25) is 10.1 Å². The molecular weight excluding hydrogens is 342 g/mol. The predicted octanol–water partition coefficient (Wildman–Crippen LogP) is 3.60. The smallest absolute Gasteiger partial charge is 0.321 e. The first-order chi connectivity index (χ1) is 12.8. The van der Waals surface area contributed by atoms with Crippen LogP contribution in [0.2, 0.25) is 0 Å². The summed E-state index contributed by atoms with van der Waals surface area (Å²) in [6.45, 7) is 6.35. The second-order valence-corrected chi connectivity index (χ2v) is 7.22. The maximum absolute atomic E-state index is 12.7. The number of amides is 3. The minimum atomic E-state index is -0.757. The van der Waals surface area contributed by atoms with Crippen LogP contribution in [0.25, 0.3) is 0 Å². The Morgan fingerprint density at radius 3 is 2.26 bits per heavy atom. The highest BCUT2D eigenvalue weighted by atomic mass is 16.5. The summed E-state index contributed by atoms with van der Waals surface area (Å²) in [6, 6.07) is 13.8. The molecule has 0 bridgehead atoms. The van der Waals surface area contributed by atoms with Gasteiger partial charge in [-0.2, -0.15) is 0 Å². The van der Waals surface area contributed by atoms with Gasteiger partial charge in [0.15, 0.2) is 0 Å². The summed E-state index contributed by atoms with van der Waals surface area (Å²) >= 11 is 0. The van der Waals surface area contributed by atoms with Crippen LogP contribution >= 0.6 is 0 Å². The third kappa shape index (κ3) is 5.23. The fourth-order valence-electron chi connectivity index (χ4n) is 2.64. The largest absolute Gasteiger partial charge is 0.495 e. The second-order valence-electron chi connectivity index (χ2n) is 7.22. The molecule has 0 aromatic heterocycles. The van der Waals surface area contributed by atoms with E-state index in [1.807, 2.05) is 48.5 Å². The molecule has 6 heteroatoms. The number of benzene rings is 2. The van der Waals surface area contributed by atoms with E-state index >= 15 is 0 Å². The highest BCUT2D eigenvalue weighted by molar-refractivity contribution is 5.98. The number of imide groups is 1. The minimum Gasteiger partial charge on any atom is -0.495 e. The number of hydrogen-bond acceptors (Lipinski definition) is 4. The van der Waals surface area contributed by atoms with E-state index in [2.05, 4.69) is 36.7 Å². The van der Waals surface area contributed by atoms with Crippen LogP contribution in [0.5, 0.6) is 5.75 Å². The number of nitrogens with one attached hydrogen (secondary N) is 3. The molecule has 0 saturated heterocycles. The van der Waals surface area contributed by atoms with Crippen LogP contribution in [0.1, 0.15) is 37.9 Å². The van der Waals surface area contributed by atoms with Crippen molar-refractivity contribution in [3.63, 3.8) is 0 Å². The average molecular weight is 369 g/mol. The molecule has 2 rings (SSSR count). The van der Waals surface area contributed by atoms with E-state index in [0.717, 1.165) is 11.1 Å². The summed E-state index contributed by atoms with van der Waals surface area (Å²) in [5.74, 6) is 0.167. The van der Waals surface area contributed by atoms with Crippen LogP contribution in [0, 0.1) is 0 Å². The number of rotatable bonds is 5. The van der Waals surface area contributed by atoms with E-state index in [0.29, 0.717) is 11.4 Å². The standard InChI is InChI=1S/C21H27N3O3/c1-21(2,3)15-11-12-17(27-5)16(13-15)23-18(14-9-7-6-8-10-14)19(25)24-20(26)22-4/h6-13,18,23H,1-5H3,(H2,22,24,25,26). The van der Waals surface area contributed by atoms with E-state index in [1.54, 1.807) is 7.11 Å². The van der Waals surface area contributed by atoms with Crippen LogP contribution in [0.4, 0.5) is 10.5 Å². The van der Waals surface area contributed by atoms with Crippen molar-refractivity contribution in [2.75, 3.05) is 19.5 Å². The van der Waals surface area contributed by atoms with Crippen LogP contribution in [0.15, 0.2) is 48.5 Å².